The van der Waals surface area contributed by atoms with Crippen LogP contribution in [0.3, 0.4) is 0 Å². The van der Waals surface area contributed by atoms with Crippen molar-refractivity contribution in [3.63, 3.8) is 0 Å². The molecule has 4 rings (SSSR count). The maximum atomic E-state index is 13.2. The van der Waals surface area contributed by atoms with Gasteiger partial charge in [0.15, 0.2) is 5.16 Å². The maximum absolute atomic E-state index is 13.2. The lowest BCUT2D eigenvalue weighted by molar-refractivity contribution is -0.136. The highest BCUT2D eigenvalue weighted by atomic mass is 32.2. The van der Waals surface area contributed by atoms with Crippen molar-refractivity contribution in [3.8, 4) is 5.69 Å². The number of thioether (sulfide) groups is 1. The zero-order valence-corrected chi connectivity index (χ0v) is 17.5. The molecule has 2 heterocycles. The summed E-state index contributed by atoms with van der Waals surface area (Å²) >= 11 is 1.26. The van der Waals surface area contributed by atoms with Crippen LogP contribution in [0.5, 0.6) is 0 Å². The Hall–Kier alpha value is -3.13. The average Bonchev–Trinajstić information content (AvgIpc) is 2.78. The molecule has 3 aromatic rings. The minimum absolute atomic E-state index is 0.0229. The van der Waals surface area contributed by atoms with Crippen molar-refractivity contribution < 1.29 is 9.59 Å². The molecule has 0 unspecified atom stereocenters. The molecule has 0 bridgehead atoms. The molecule has 0 saturated carbocycles. The summed E-state index contributed by atoms with van der Waals surface area (Å²) < 4.78 is 1.56. The number of para-hydroxylation sites is 2. The van der Waals surface area contributed by atoms with E-state index in [2.05, 4.69) is 4.98 Å². The second-order valence-electron chi connectivity index (χ2n) is 7.06. The summed E-state index contributed by atoms with van der Waals surface area (Å²) in [5.41, 5.74) is 1.17. The van der Waals surface area contributed by atoms with Gasteiger partial charge in [-0.15, -0.1) is 0 Å². The van der Waals surface area contributed by atoms with E-state index >= 15 is 0 Å². The van der Waals surface area contributed by atoms with E-state index in [9.17, 15) is 14.4 Å². The number of hydrogen-bond acceptors (Lipinski definition) is 5. The molecule has 1 saturated heterocycles. The summed E-state index contributed by atoms with van der Waals surface area (Å²) in [4.78, 5) is 45.6. The van der Waals surface area contributed by atoms with Gasteiger partial charge in [-0.2, -0.15) is 0 Å². The summed E-state index contributed by atoms with van der Waals surface area (Å²) in [5, 5.41) is 1.03. The summed E-state index contributed by atoms with van der Waals surface area (Å²) in [6, 6.07) is 16.6. The Morgan fingerprint density at radius 3 is 2.27 bits per heavy atom. The highest BCUT2D eigenvalue weighted by molar-refractivity contribution is 7.99. The van der Waals surface area contributed by atoms with Crippen LogP contribution >= 0.6 is 11.8 Å². The van der Waals surface area contributed by atoms with Crippen LogP contribution in [0.2, 0.25) is 0 Å². The third-order valence-corrected chi connectivity index (χ3v) is 6.09. The van der Waals surface area contributed by atoms with E-state index in [1.54, 1.807) is 33.4 Å². The van der Waals surface area contributed by atoms with Crippen LogP contribution in [0, 0.1) is 0 Å². The average molecular weight is 423 g/mol. The smallest absolute Gasteiger partial charge is 0.266 e. The van der Waals surface area contributed by atoms with Crippen LogP contribution < -0.4 is 5.56 Å². The Balaban J connectivity index is 1.59. The molecule has 1 aliphatic heterocycles. The molecule has 0 N–H and O–H groups in total. The molecule has 7 nitrogen and oxygen atoms in total. The van der Waals surface area contributed by atoms with Crippen molar-refractivity contribution in [1.29, 1.82) is 0 Å². The minimum Gasteiger partial charge on any atom is -0.339 e. The van der Waals surface area contributed by atoms with E-state index in [1.807, 2.05) is 42.5 Å². The van der Waals surface area contributed by atoms with Gasteiger partial charge < -0.3 is 9.80 Å². The normalized spacial score (nSPS) is 14.2. The number of fused-ring (bicyclic) bond motifs is 1. The quantitative estimate of drug-likeness (QED) is 0.476. The Bertz CT molecular complexity index is 1140. The Morgan fingerprint density at radius 2 is 1.57 bits per heavy atom. The van der Waals surface area contributed by atoms with Gasteiger partial charge in [-0.25, -0.2) is 4.98 Å². The number of carbonyl (C=O) groups excluding carboxylic acids is 2. The molecule has 1 aliphatic rings. The lowest BCUT2D eigenvalue weighted by Gasteiger charge is -2.34. The topological polar surface area (TPSA) is 75.5 Å². The number of hydrogen-bond donors (Lipinski definition) is 0. The SMILES string of the molecule is CC(=O)N1CCN(C(=O)CSc2nc3ccccc3c(=O)n2-c2ccccc2)CC1. The first kappa shape index (κ1) is 20.2. The van der Waals surface area contributed by atoms with Crippen molar-refractivity contribution >= 4 is 34.5 Å². The summed E-state index contributed by atoms with van der Waals surface area (Å²) in [6.07, 6.45) is 0. The lowest BCUT2D eigenvalue weighted by Crippen LogP contribution is -2.50. The van der Waals surface area contributed by atoms with Crippen LogP contribution in [0.25, 0.3) is 16.6 Å². The zero-order chi connectivity index (χ0) is 21.1. The van der Waals surface area contributed by atoms with Crippen LogP contribution in [-0.2, 0) is 9.59 Å². The molecule has 1 aromatic heterocycles. The standard InChI is InChI=1S/C22H22N4O3S/c1-16(27)24-11-13-25(14-12-24)20(28)15-30-22-23-19-10-6-5-9-18(19)21(29)26(22)17-7-3-2-4-8-17/h2-10H,11-15H2,1H3. The molecular weight excluding hydrogens is 400 g/mol. The maximum Gasteiger partial charge on any atom is 0.266 e. The van der Waals surface area contributed by atoms with Gasteiger partial charge in [-0.1, -0.05) is 42.1 Å². The second kappa shape index (κ2) is 8.71. The lowest BCUT2D eigenvalue weighted by atomic mass is 10.2. The number of carbonyl (C=O) groups is 2. The fourth-order valence-corrected chi connectivity index (χ4v) is 4.42. The monoisotopic (exact) mass is 422 g/mol. The molecule has 8 heteroatoms. The fraction of sp³-hybridized carbons (Fsp3) is 0.273. The third-order valence-electron chi connectivity index (χ3n) is 5.16. The van der Waals surface area contributed by atoms with Crippen molar-refractivity contribution in [2.45, 2.75) is 12.1 Å². The Morgan fingerprint density at radius 1 is 0.933 bits per heavy atom. The van der Waals surface area contributed by atoms with Gasteiger partial charge in [0.25, 0.3) is 5.56 Å². The van der Waals surface area contributed by atoms with Crippen LogP contribution in [0.4, 0.5) is 0 Å². The molecule has 1 fully saturated rings. The predicted octanol–water partition coefficient (Wildman–Crippen LogP) is 2.17. The summed E-state index contributed by atoms with van der Waals surface area (Å²) in [7, 11) is 0. The van der Waals surface area contributed by atoms with Crippen LogP contribution in [-0.4, -0.2) is 63.1 Å². The van der Waals surface area contributed by atoms with Crippen molar-refractivity contribution in [2.75, 3.05) is 31.9 Å². The van der Waals surface area contributed by atoms with Crippen molar-refractivity contribution in [3.05, 3.63) is 65.0 Å². The van der Waals surface area contributed by atoms with E-state index in [0.717, 1.165) is 0 Å². The van der Waals surface area contributed by atoms with Crippen molar-refractivity contribution in [2.24, 2.45) is 0 Å². The highest BCUT2D eigenvalue weighted by Crippen LogP contribution is 2.22. The van der Waals surface area contributed by atoms with Gasteiger partial charge in [-0.05, 0) is 24.3 Å². The van der Waals surface area contributed by atoms with E-state index in [-0.39, 0.29) is 23.1 Å². The first-order valence-electron chi connectivity index (χ1n) is 9.78. The largest absolute Gasteiger partial charge is 0.339 e. The van der Waals surface area contributed by atoms with Gasteiger partial charge in [0, 0.05) is 33.1 Å². The second-order valence-corrected chi connectivity index (χ2v) is 8.01. The molecule has 2 amide bonds. The first-order valence-corrected chi connectivity index (χ1v) is 10.8. The predicted molar refractivity (Wildman–Crippen MR) is 117 cm³/mol. The van der Waals surface area contributed by atoms with Gasteiger partial charge in [0.1, 0.15) is 0 Å². The number of rotatable bonds is 4. The molecule has 0 radical (unpaired) electrons. The van der Waals surface area contributed by atoms with Gasteiger partial charge in [0.05, 0.1) is 22.3 Å². The first-order chi connectivity index (χ1) is 14.5. The molecule has 2 aromatic carbocycles. The van der Waals surface area contributed by atoms with Gasteiger partial charge in [0.2, 0.25) is 11.8 Å². The van der Waals surface area contributed by atoms with Gasteiger partial charge in [-0.3, -0.25) is 19.0 Å². The number of amides is 2. The van der Waals surface area contributed by atoms with E-state index in [4.69, 9.17) is 0 Å². The highest BCUT2D eigenvalue weighted by Gasteiger charge is 2.23. The van der Waals surface area contributed by atoms with E-state index < -0.39 is 0 Å². The summed E-state index contributed by atoms with van der Waals surface area (Å²) in [5.74, 6) is 0.187. The number of aromatic nitrogens is 2. The van der Waals surface area contributed by atoms with Crippen LogP contribution in [0.15, 0.2) is 64.5 Å². The zero-order valence-electron chi connectivity index (χ0n) is 16.7. The summed E-state index contributed by atoms with van der Waals surface area (Å²) in [6.45, 7) is 3.69. The molecule has 154 valence electrons. The number of benzene rings is 2. The third kappa shape index (κ3) is 4.09. The molecule has 0 spiro atoms. The van der Waals surface area contributed by atoms with E-state index in [1.165, 1.54) is 11.8 Å². The minimum atomic E-state index is -0.156. The molecule has 30 heavy (non-hydrogen) atoms. The molecular formula is C22H22N4O3S. The van der Waals surface area contributed by atoms with Gasteiger partial charge >= 0.3 is 0 Å². The fourth-order valence-electron chi connectivity index (χ4n) is 3.50. The number of nitrogens with zero attached hydrogens (tertiary/aromatic N) is 4. The number of piperazine rings is 1. The van der Waals surface area contributed by atoms with Crippen LogP contribution in [0.1, 0.15) is 6.92 Å². The Labute approximate surface area is 178 Å². The molecule has 0 aliphatic carbocycles. The molecule has 0 atom stereocenters. The van der Waals surface area contributed by atoms with Crippen molar-refractivity contribution in [1.82, 2.24) is 19.4 Å². The van der Waals surface area contributed by atoms with E-state index in [0.29, 0.717) is 47.9 Å². The Kier molecular flexibility index (Phi) is 5.85.